The van der Waals surface area contributed by atoms with Crippen molar-refractivity contribution in [2.45, 2.75) is 18.9 Å². The number of ether oxygens (including phenoxy) is 1. The van der Waals surface area contributed by atoms with Crippen molar-refractivity contribution in [3.05, 3.63) is 41.5 Å². The van der Waals surface area contributed by atoms with Gasteiger partial charge in [-0.05, 0) is 30.2 Å². The quantitative estimate of drug-likeness (QED) is 0.804. The zero-order chi connectivity index (χ0) is 13.2. The summed E-state index contributed by atoms with van der Waals surface area (Å²) in [5, 5.41) is 12.0. The molecule has 1 aromatic rings. The number of fused-ring (bicyclic) bond motifs is 1. The molecule has 2 atom stereocenters. The lowest BCUT2D eigenvalue weighted by Gasteiger charge is -2.13. The maximum atomic E-state index is 12.1. The summed E-state index contributed by atoms with van der Waals surface area (Å²) >= 11 is 0. The van der Waals surface area contributed by atoms with Gasteiger partial charge in [0, 0.05) is 30.6 Å². The van der Waals surface area contributed by atoms with Crippen molar-refractivity contribution < 1.29 is 14.6 Å². The second kappa shape index (κ2) is 5.05. The number of benzene rings is 1. The minimum Gasteiger partial charge on any atom is -0.493 e. The van der Waals surface area contributed by atoms with Gasteiger partial charge in [-0.25, -0.2) is 0 Å². The van der Waals surface area contributed by atoms with Crippen molar-refractivity contribution >= 4 is 5.91 Å². The molecule has 0 fully saturated rings. The van der Waals surface area contributed by atoms with Gasteiger partial charge in [0.15, 0.2) is 0 Å². The monoisotopic (exact) mass is 259 g/mol. The van der Waals surface area contributed by atoms with Crippen LogP contribution in [-0.4, -0.2) is 30.3 Å². The summed E-state index contributed by atoms with van der Waals surface area (Å²) in [6.45, 7) is 0.836. The van der Waals surface area contributed by atoms with E-state index in [-0.39, 0.29) is 24.5 Å². The Balaban J connectivity index is 1.66. The van der Waals surface area contributed by atoms with Gasteiger partial charge >= 0.3 is 0 Å². The number of carbonyl (C=O) groups is 1. The highest BCUT2D eigenvalue weighted by molar-refractivity contribution is 5.95. The second-order valence-electron chi connectivity index (χ2n) is 5.06. The first-order chi connectivity index (χ1) is 9.26. The van der Waals surface area contributed by atoms with Gasteiger partial charge in [-0.1, -0.05) is 12.2 Å². The van der Waals surface area contributed by atoms with E-state index in [2.05, 4.69) is 5.32 Å². The Morgan fingerprint density at radius 2 is 2.32 bits per heavy atom. The average molecular weight is 259 g/mol. The summed E-state index contributed by atoms with van der Waals surface area (Å²) in [4.78, 5) is 12.1. The lowest BCUT2D eigenvalue weighted by molar-refractivity contribution is 0.0941. The summed E-state index contributed by atoms with van der Waals surface area (Å²) in [6.07, 6.45) is 5.55. The van der Waals surface area contributed by atoms with Gasteiger partial charge in [0.2, 0.25) is 0 Å². The lowest BCUT2D eigenvalue weighted by atomic mass is 10.1. The van der Waals surface area contributed by atoms with E-state index >= 15 is 0 Å². The van der Waals surface area contributed by atoms with E-state index < -0.39 is 0 Å². The van der Waals surface area contributed by atoms with Crippen molar-refractivity contribution in [3.8, 4) is 5.75 Å². The molecule has 1 aliphatic heterocycles. The zero-order valence-corrected chi connectivity index (χ0v) is 10.6. The molecule has 19 heavy (non-hydrogen) atoms. The van der Waals surface area contributed by atoms with Crippen molar-refractivity contribution in [3.63, 3.8) is 0 Å². The molecule has 0 saturated carbocycles. The number of hydrogen-bond acceptors (Lipinski definition) is 3. The van der Waals surface area contributed by atoms with Crippen LogP contribution >= 0.6 is 0 Å². The molecule has 2 aliphatic rings. The third-order valence-electron chi connectivity index (χ3n) is 3.67. The molecule has 4 nitrogen and oxygen atoms in total. The van der Waals surface area contributed by atoms with Gasteiger partial charge in [0.1, 0.15) is 5.75 Å². The van der Waals surface area contributed by atoms with Crippen LogP contribution in [0.4, 0.5) is 0 Å². The minimum absolute atomic E-state index is 0.0224. The van der Waals surface area contributed by atoms with E-state index in [4.69, 9.17) is 9.84 Å². The topological polar surface area (TPSA) is 58.6 Å². The molecular formula is C15H17NO3. The summed E-state index contributed by atoms with van der Waals surface area (Å²) in [5.74, 6) is 0.985. The molecule has 0 unspecified atom stereocenters. The van der Waals surface area contributed by atoms with Crippen LogP contribution < -0.4 is 10.1 Å². The van der Waals surface area contributed by atoms with Gasteiger partial charge in [0.05, 0.1) is 6.61 Å². The van der Waals surface area contributed by atoms with Gasteiger partial charge in [-0.15, -0.1) is 0 Å². The van der Waals surface area contributed by atoms with Crippen LogP contribution in [0.25, 0.3) is 0 Å². The molecule has 0 bridgehead atoms. The van der Waals surface area contributed by atoms with Gasteiger partial charge in [-0.2, -0.15) is 0 Å². The molecule has 3 rings (SSSR count). The Hall–Kier alpha value is -1.81. The fourth-order valence-electron chi connectivity index (χ4n) is 2.60. The van der Waals surface area contributed by atoms with E-state index in [9.17, 15) is 4.79 Å². The molecule has 100 valence electrons. The Kier molecular flexibility index (Phi) is 3.25. The normalized spacial score (nSPS) is 24.1. The molecule has 0 saturated heterocycles. The van der Waals surface area contributed by atoms with Crippen molar-refractivity contribution in [2.24, 2.45) is 5.92 Å². The smallest absolute Gasteiger partial charge is 0.251 e. The molecule has 2 N–H and O–H groups in total. The van der Waals surface area contributed by atoms with Crippen LogP contribution in [0.3, 0.4) is 0 Å². The Morgan fingerprint density at radius 3 is 3.11 bits per heavy atom. The molecule has 4 heteroatoms. The predicted molar refractivity (Wildman–Crippen MR) is 71.2 cm³/mol. The van der Waals surface area contributed by atoms with Gasteiger partial charge in [-0.3, -0.25) is 4.79 Å². The molecule has 0 aromatic heterocycles. The number of aliphatic hydroxyl groups excluding tert-OH is 1. The molecule has 1 amide bonds. The van der Waals surface area contributed by atoms with E-state index in [1.807, 2.05) is 24.3 Å². The summed E-state index contributed by atoms with van der Waals surface area (Å²) < 4.78 is 5.42. The van der Waals surface area contributed by atoms with Crippen LogP contribution in [0, 0.1) is 5.92 Å². The first-order valence-corrected chi connectivity index (χ1v) is 6.62. The molecular weight excluding hydrogens is 242 g/mol. The van der Waals surface area contributed by atoms with E-state index in [1.54, 1.807) is 6.07 Å². The number of hydrogen-bond donors (Lipinski definition) is 2. The fraction of sp³-hybridized carbons (Fsp3) is 0.400. The van der Waals surface area contributed by atoms with Crippen LogP contribution in [0.2, 0.25) is 0 Å². The van der Waals surface area contributed by atoms with Crippen molar-refractivity contribution in [1.29, 1.82) is 0 Å². The number of amides is 1. The Bertz CT molecular complexity index is 524. The van der Waals surface area contributed by atoms with Crippen molar-refractivity contribution in [1.82, 2.24) is 5.32 Å². The summed E-state index contributed by atoms with van der Waals surface area (Å²) in [5.41, 5.74) is 1.77. The number of carbonyl (C=O) groups excluding carboxylic acids is 1. The van der Waals surface area contributed by atoms with E-state index in [0.717, 1.165) is 24.2 Å². The average Bonchev–Trinajstić information content (AvgIpc) is 3.05. The number of rotatable bonds is 3. The van der Waals surface area contributed by atoms with Crippen molar-refractivity contribution in [2.75, 3.05) is 13.2 Å². The first kappa shape index (κ1) is 12.2. The highest BCUT2D eigenvalue weighted by Crippen LogP contribution is 2.26. The van der Waals surface area contributed by atoms with Gasteiger partial charge < -0.3 is 15.2 Å². The second-order valence-corrected chi connectivity index (χ2v) is 5.06. The SMILES string of the molecule is O=C(N[C@@H]1C=C[C@H](CO)C1)c1ccc2c(c1)CCO2. The fourth-order valence-corrected chi connectivity index (χ4v) is 2.60. The maximum absolute atomic E-state index is 12.1. The largest absolute Gasteiger partial charge is 0.493 e. The highest BCUT2D eigenvalue weighted by Gasteiger charge is 2.21. The summed E-state index contributed by atoms with van der Waals surface area (Å²) in [6, 6.07) is 5.58. The van der Waals surface area contributed by atoms with E-state index in [0.29, 0.717) is 12.2 Å². The maximum Gasteiger partial charge on any atom is 0.251 e. The Labute approximate surface area is 112 Å². The number of nitrogens with one attached hydrogen (secondary N) is 1. The first-order valence-electron chi connectivity index (χ1n) is 6.62. The molecule has 1 aromatic carbocycles. The van der Waals surface area contributed by atoms with Crippen LogP contribution in [0.15, 0.2) is 30.4 Å². The van der Waals surface area contributed by atoms with Crippen LogP contribution in [0.1, 0.15) is 22.3 Å². The Morgan fingerprint density at radius 1 is 1.42 bits per heavy atom. The number of aliphatic hydroxyl groups is 1. The molecule has 0 spiro atoms. The highest BCUT2D eigenvalue weighted by atomic mass is 16.5. The lowest BCUT2D eigenvalue weighted by Crippen LogP contribution is -2.32. The standard InChI is InChI=1S/C15H17NO3/c17-9-10-1-3-13(7-10)16-15(18)12-2-4-14-11(8-12)5-6-19-14/h1-4,8,10,13,17H,5-7,9H2,(H,16,18)/t10-,13+/m0/s1. The predicted octanol–water partition coefficient (Wildman–Crippen LogP) is 1.29. The zero-order valence-electron chi connectivity index (χ0n) is 10.6. The third kappa shape index (κ3) is 2.49. The van der Waals surface area contributed by atoms with Crippen LogP contribution in [-0.2, 0) is 6.42 Å². The molecule has 1 aliphatic carbocycles. The van der Waals surface area contributed by atoms with Crippen LogP contribution in [0.5, 0.6) is 5.75 Å². The van der Waals surface area contributed by atoms with E-state index in [1.165, 1.54) is 0 Å². The minimum atomic E-state index is -0.0667. The molecule has 0 radical (unpaired) electrons. The molecule has 1 heterocycles. The summed E-state index contributed by atoms with van der Waals surface area (Å²) in [7, 11) is 0. The van der Waals surface area contributed by atoms with Gasteiger partial charge in [0.25, 0.3) is 5.91 Å². The third-order valence-corrected chi connectivity index (χ3v) is 3.67.